The molecule has 1 aromatic carbocycles. The monoisotopic (exact) mass is 355 g/mol. The largest absolute Gasteiger partial charge is 0.348 e. The van der Waals surface area contributed by atoms with Crippen molar-refractivity contribution in [3.8, 4) is 0 Å². The summed E-state index contributed by atoms with van der Waals surface area (Å²) >= 11 is 0. The number of hydrogen-bond acceptors (Lipinski definition) is 2. The summed E-state index contributed by atoms with van der Waals surface area (Å²) in [6.45, 7) is 7.71. The van der Waals surface area contributed by atoms with E-state index in [0.717, 1.165) is 11.3 Å². The summed E-state index contributed by atoms with van der Waals surface area (Å²) in [6, 6.07) is 6.48. The number of carbonyl (C=O) groups excluding carboxylic acids is 1. The van der Waals surface area contributed by atoms with Crippen LogP contribution in [0.15, 0.2) is 35.3 Å². The average Bonchev–Trinajstić information content (AvgIpc) is 2.96. The molecule has 2 N–H and O–H groups in total. The van der Waals surface area contributed by atoms with Crippen LogP contribution in [0, 0.1) is 19.7 Å². The first kappa shape index (κ1) is 17.9. The lowest BCUT2D eigenvalue weighted by atomic mass is 10.1. The smallest absolute Gasteiger partial charge is 0.253 e. The van der Waals surface area contributed by atoms with E-state index in [1.165, 1.54) is 12.1 Å². The van der Waals surface area contributed by atoms with Crippen molar-refractivity contribution in [2.75, 3.05) is 0 Å². The highest BCUT2D eigenvalue weighted by Gasteiger charge is 2.16. The fourth-order valence-electron chi connectivity index (χ4n) is 3.23. The predicted molar refractivity (Wildman–Crippen MR) is 100.0 cm³/mol. The Hall–Kier alpha value is -2.89. The minimum atomic E-state index is -0.465. The maximum Gasteiger partial charge on any atom is 0.253 e. The second-order valence-electron chi connectivity index (χ2n) is 6.83. The lowest BCUT2D eigenvalue weighted by molar-refractivity contribution is 0.0952. The second kappa shape index (κ2) is 6.78. The molecule has 0 aliphatic carbocycles. The number of rotatable bonds is 4. The first-order valence-electron chi connectivity index (χ1n) is 8.55. The van der Waals surface area contributed by atoms with E-state index in [1.807, 2.05) is 43.7 Å². The third-order valence-electron chi connectivity index (χ3n) is 4.52. The minimum Gasteiger partial charge on any atom is -0.348 e. The fourth-order valence-corrected chi connectivity index (χ4v) is 3.23. The molecular weight excluding hydrogens is 333 g/mol. The maximum absolute atomic E-state index is 14.1. The number of pyridine rings is 1. The molecule has 2 heterocycles. The van der Waals surface area contributed by atoms with E-state index < -0.39 is 11.7 Å². The van der Waals surface area contributed by atoms with E-state index in [2.05, 4.69) is 10.3 Å². The van der Waals surface area contributed by atoms with Crippen LogP contribution >= 0.6 is 0 Å². The molecule has 26 heavy (non-hydrogen) atoms. The minimum absolute atomic E-state index is 0.0865. The van der Waals surface area contributed by atoms with E-state index in [0.29, 0.717) is 16.5 Å². The number of H-pyrrole nitrogens is 1. The number of halogens is 1. The normalized spacial score (nSPS) is 11.3. The van der Waals surface area contributed by atoms with Crippen LogP contribution in [0.5, 0.6) is 0 Å². The van der Waals surface area contributed by atoms with E-state index in [-0.39, 0.29) is 23.7 Å². The Balaban J connectivity index is 1.93. The summed E-state index contributed by atoms with van der Waals surface area (Å²) in [5.41, 5.74) is 2.79. The van der Waals surface area contributed by atoms with Crippen molar-refractivity contribution < 1.29 is 9.18 Å². The Kier molecular flexibility index (Phi) is 4.68. The van der Waals surface area contributed by atoms with Crippen LogP contribution in [0.1, 0.15) is 47.1 Å². The van der Waals surface area contributed by atoms with E-state index in [1.54, 1.807) is 6.92 Å². The average molecular weight is 355 g/mol. The zero-order valence-corrected chi connectivity index (χ0v) is 15.3. The molecule has 5 nitrogen and oxygen atoms in total. The number of nitrogens with zero attached hydrogens (tertiary/aromatic N) is 1. The van der Waals surface area contributed by atoms with Crippen LogP contribution < -0.4 is 10.9 Å². The molecule has 2 aromatic heterocycles. The highest BCUT2D eigenvalue weighted by Crippen LogP contribution is 2.25. The molecule has 0 saturated heterocycles. The fraction of sp³-hybridized carbons (Fsp3) is 0.300. The van der Waals surface area contributed by atoms with Gasteiger partial charge in [0.15, 0.2) is 0 Å². The molecule has 136 valence electrons. The lowest BCUT2D eigenvalue weighted by Gasteiger charge is -2.12. The van der Waals surface area contributed by atoms with Crippen molar-refractivity contribution in [3.63, 3.8) is 0 Å². The molecule has 0 radical (unpaired) electrons. The van der Waals surface area contributed by atoms with Crippen LogP contribution in [-0.2, 0) is 6.54 Å². The SMILES string of the molecule is Cc1cc(C)c(CNC(=O)c2cc(F)cc3c2ccn3C(C)C)c(=O)[nH]1. The Labute approximate surface area is 150 Å². The van der Waals surface area contributed by atoms with Crippen LogP contribution in [0.25, 0.3) is 10.9 Å². The molecule has 0 spiro atoms. The number of amides is 1. The van der Waals surface area contributed by atoms with Crippen molar-refractivity contribution in [1.82, 2.24) is 14.9 Å². The van der Waals surface area contributed by atoms with Gasteiger partial charge in [-0.25, -0.2) is 4.39 Å². The topological polar surface area (TPSA) is 66.9 Å². The predicted octanol–water partition coefficient (Wildman–Crippen LogP) is 3.60. The van der Waals surface area contributed by atoms with Crippen molar-refractivity contribution in [3.05, 3.63) is 69.0 Å². The van der Waals surface area contributed by atoms with Crippen LogP contribution in [0.4, 0.5) is 4.39 Å². The summed E-state index contributed by atoms with van der Waals surface area (Å²) < 4.78 is 16.0. The number of benzene rings is 1. The number of aromatic nitrogens is 2. The van der Waals surface area contributed by atoms with Crippen molar-refractivity contribution in [1.29, 1.82) is 0 Å². The maximum atomic E-state index is 14.1. The van der Waals surface area contributed by atoms with Gasteiger partial charge in [-0.1, -0.05) is 0 Å². The second-order valence-corrected chi connectivity index (χ2v) is 6.83. The molecule has 0 atom stereocenters. The molecule has 6 heteroatoms. The van der Waals surface area contributed by atoms with Gasteiger partial charge >= 0.3 is 0 Å². The molecule has 3 rings (SSSR count). The van der Waals surface area contributed by atoms with Crippen molar-refractivity contribution >= 4 is 16.8 Å². The number of hydrogen-bond donors (Lipinski definition) is 2. The Morgan fingerprint density at radius 1 is 1.27 bits per heavy atom. The van der Waals surface area contributed by atoms with E-state index in [9.17, 15) is 14.0 Å². The summed E-state index contributed by atoms with van der Waals surface area (Å²) in [6.07, 6.45) is 1.85. The molecule has 0 unspecified atom stereocenters. The zero-order valence-electron chi connectivity index (χ0n) is 15.3. The van der Waals surface area contributed by atoms with Crippen molar-refractivity contribution in [2.24, 2.45) is 0 Å². The van der Waals surface area contributed by atoms with Gasteiger partial charge in [0.05, 0.1) is 11.1 Å². The third-order valence-corrected chi connectivity index (χ3v) is 4.52. The highest BCUT2D eigenvalue weighted by atomic mass is 19.1. The van der Waals surface area contributed by atoms with Crippen LogP contribution in [0.3, 0.4) is 0 Å². The quantitative estimate of drug-likeness (QED) is 0.751. The molecule has 0 aliphatic rings. The number of fused-ring (bicyclic) bond motifs is 1. The number of aromatic amines is 1. The Morgan fingerprint density at radius 3 is 2.65 bits per heavy atom. The zero-order chi connectivity index (χ0) is 19.0. The first-order chi connectivity index (χ1) is 12.3. The van der Waals surface area contributed by atoms with E-state index >= 15 is 0 Å². The van der Waals surface area contributed by atoms with Gasteiger partial charge < -0.3 is 14.9 Å². The summed E-state index contributed by atoms with van der Waals surface area (Å²) in [4.78, 5) is 27.5. The van der Waals surface area contributed by atoms with Gasteiger partial charge in [0.2, 0.25) is 0 Å². The van der Waals surface area contributed by atoms with Gasteiger partial charge in [-0.05, 0) is 57.5 Å². The molecular formula is C20H22FN3O2. The van der Waals surface area contributed by atoms with Gasteiger partial charge in [0, 0.05) is 35.4 Å². The number of nitrogens with one attached hydrogen (secondary N) is 2. The number of carbonyl (C=O) groups is 1. The third kappa shape index (κ3) is 3.27. The number of aryl methyl sites for hydroxylation is 2. The summed E-state index contributed by atoms with van der Waals surface area (Å²) in [7, 11) is 0. The Morgan fingerprint density at radius 2 is 2.00 bits per heavy atom. The molecule has 0 aliphatic heterocycles. The van der Waals surface area contributed by atoms with Gasteiger partial charge in [-0.3, -0.25) is 9.59 Å². The lowest BCUT2D eigenvalue weighted by Crippen LogP contribution is -2.28. The summed E-state index contributed by atoms with van der Waals surface area (Å²) in [5, 5.41) is 3.43. The molecule has 0 bridgehead atoms. The highest BCUT2D eigenvalue weighted by molar-refractivity contribution is 6.06. The van der Waals surface area contributed by atoms with Crippen molar-refractivity contribution in [2.45, 2.75) is 40.3 Å². The molecule has 0 fully saturated rings. The van der Waals surface area contributed by atoms with Gasteiger partial charge in [-0.15, -0.1) is 0 Å². The molecule has 1 amide bonds. The molecule has 3 aromatic rings. The Bertz CT molecular complexity index is 1050. The summed E-state index contributed by atoms with van der Waals surface area (Å²) in [5.74, 6) is -0.872. The molecule has 0 saturated carbocycles. The van der Waals surface area contributed by atoms with Crippen LogP contribution in [-0.4, -0.2) is 15.5 Å². The van der Waals surface area contributed by atoms with Gasteiger partial charge in [0.25, 0.3) is 11.5 Å². The van der Waals surface area contributed by atoms with Gasteiger partial charge in [0.1, 0.15) is 5.82 Å². The first-order valence-corrected chi connectivity index (χ1v) is 8.55. The van der Waals surface area contributed by atoms with E-state index in [4.69, 9.17) is 0 Å². The van der Waals surface area contributed by atoms with Gasteiger partial charge in [-0.2, -0.15) is 0 Å². The standard InChI is InChI=1S/C20H22FN3O2/c1-11(2)24-6-5-15-16(8-14(21)9-18(15)24)19(25)22-10-17-12(3)7-13(4)23-20(17)26/h5-9,11H,10H2,1-4H3,(H,22,25)(H,23,26). The van der Waals surface area contributed by atoms with Crippen LogP contribution in [0.2, 0.25) is 0 Å².